The molecular formula is C13H14O. The van der Waals surface area contributed by atoms with E-state index in [2.05, 4.69) is 31.2 Å². The van der Waals surface area contributed by atoms with Gasteiger partial charge in [-0.15, -0.1) is 0 Å². The summed E-state index contributed by atoms with van der Waals surface area (Å²) in [4.78, 5) is 0. The van der Waals surface area contributed by atoms with Gasteiger partial charge in [-0.2, -0.15) is 0 Å². The molecule has 0 fully saturated rings. The average molecular weight is 186 g/mol. The van der Waals surface area contributed by atoms with E-state index in [9.17, 15) is 5.11 Å². The molecule has 2 rings (SSSR count). The number of benzene rings is 1. The molecule has 1 aromatic rings. The number of rotatable bonds is 1. The van der Waals surface area contributed by atoms with Crippen molar-refractivity contribution in [1.29, 1.82) is 0 Å². The summed E-state index contributed by atoms with van der Waals surface area (Å²) in [7, 11) is 0. The summed E-state index contributed by atoms with van der Waals surface area (Å²) >= 11 is 0. The molecule has 1 aromatic carbocycles. The molecule has 0 saturated carbocycles. The smallest absolute Gasteiger partial charge is 0.115 e. The third-order valence-electron chi connectivity index (χ3n) is 2.78. The number of phenolic OH excluding ortho intramolecular Hbond substituents is 1. The molecule has 0 aliphatic heterocycles. The van der Waals surface area contributed by atoms with Crippen LogP contribution in [0.15, 0.2) is 48.6 Å². The van der Waals surface area contributed by atoms with Crippen molar-refractivity contribution in [3.05, 3.63) is 54.1 Å². The lowest BCUT2D eigenvalue weighted by atomic mass is 9.77. The zero-order valence-corrected chi connectivity index (χ0v) is 8.27. The number of aromatic hydroxyl groups is 1. The van der Waals surface area contributed by atoms with Gasteiger partial charge in [0.25, 0.3) is 0 Å². The Morgan fingerprint density at radius 2 is 1.86 bits per heavy atom. The predicted molar refractivity (Wildman–Crippen MR) is 58.4 cm³/mol. The van der Waals surface area contributed by atoms with E-state index in [4.69, 9.17) is 0 Å². The van der Waals surface area contributed by atoms with Gasteiger partial charge in [-0.25, -0.2) is 0 Å². The van der Waals surface area contributed by atoms with Crippen LogP contribution >= 0.6 is 0 Å². The first-order valence-electron chi connectivity index (χ1n) is 4.85. The lowest BCUT2D eigenvalue weighted by Gasteiger charge is -2.27. The molecule has 1 aliphatic carbocycles. The molecule has 1 heteroatoms. The maximum Gasteiger partial charge on any atom is 0.115 e. The molecule has 1 N–H and O–H groups in total. The van der Waals surface area contributed by atoms with Crippen molar-refractivity contribution >= 4 is 0 Å². The molecule has 0 saturated heterocycles. The first kappa shape index (κ1) is 9.07. The van der Waals surface area contributed by atoms with E-state index < -0.39 is 0 Å². The quantitative estimate of drug-likeness (QED) is 0.714. The summed E-state index contributed by atoms with van der Waals surface area (Å²) in [6.45, 7) is 2.21. The van der Waals surface area contributed by atoms with Gasteiger partial charge in [0.1, 0.15) is 5.75 Å². The second-order valence-corrected chi connectivity index (χ2v) is 3.96. The third-order valence-corrected chi connectivity index (χ3v) is 2.78. The number of hydrogen-bond acceptors (Lipinski definition) is 1. The molecule has 72 valence electrons. The van der Waals surface area contributed by atoms with E-state index in [1.807, 2.05) is 12.1 Å². The van der Waals surface area contributed by atoms with Gasteiger partial charge in [0.15, 0.2) is 0 Å². The Hall–Kier alpha value is -1.50. The second-order valence-electron chi connectivity index (χ2n) is 3.96. The Morgan fingerprint density at radius 1 is 1.14 bits per heavy atom. The maximum atomic E-state index is 9.21. The standard InChI is InChI=1S/C13H14O/c1-13(9-3-2-4-10-13)11-5-7-12(14)8-6-11/h2-9,14H,10H2,1H3. The van der Waals surface area contributed by atoms with Gasteiger partial charge in [0.2, 0.25) is 0 Å². The molecule has 0 spiro atoms. The fourth-order valence-electron chi connectivity index (χ4n) is 1.78. The van der Waals surface area contributed by atoms with Gasteiger partial charge >= 0.3 is 0 Å². The van der Waals surface area contributed by atoms with Crippen molar-refractivity contribution in [2.24, 2.45) is 0 Å². The Bertz CT molecular complexity index is 373. The summed E-state index contributed by atoms with van der Waals surface area (Å²) in [6, 6.07) is 7.46. The summed E-state index contributed by atoms with van der Waals surface area (Å²) in [5.74, 6) is 0.327. The molecule has 1 atom stereocenters. The fourth-order valence-corrected chi connectivity index (χ4v) is 1.78. The molecular weight excluding hydrogens is 172 g/mol. The van der Waals surface area contributed by atoms with Gasteiger partial charge in [-0.05, 0) is 24.1 Å². The van der Waals surface area contributed by atoms with Crippen molar-refractivity contribution < 1.29 is 5.11 Å². The number of phenols is 1. The van der Waals surface area contributed by atoms with Crippen LogP contribution in [-0.4, -0.2) is 5.11 Å². The van der Waals surface area contributed by atoms with Crippen molar-refractivity contribution in [3.8, 4) is 5.75 Å². The summed E-state index contributed by atoms with van der Waals surface area (Å²) in [5, 5.41) is 9.21. The highest BCUT2D eigenvalue weighted by Crippen LogP contribution is 2.32. The Morgan fingerprint density at radius 3 is 2.43 bits per heavy atom. The minimum absolute atomic E-state index is 0.0858. The van der Waals surface area contributed by atoms with Gasteiger partial charge in [-0.3, -0.25) is 0 Å². The zero-order valence-electron chi connectivity index (χ0n) is 8.27. The van der Waals surface area contributed by atoms with Crippen LogP contribution in [-0.2, 0) is 5.41 Å². The predicted octanol–water partition coefficient (Wildman–Crippen LogP) is 3.17. The van der Waals surface area contributed by atoms with Gasteiger partial charge in [0, 0.05) is 5.41 Å². The highest BCUT2D eigenvalue weighted by atomic mass is 16.3. The van der Waals surface area contributed by atoms with Crippen molar-refractivity contribution in [3.63, 3.8) is 0 Å². The van der Waals surface area contributed by atoms with Crippen LogP contribution in [0.4, 0.5) is 0 Å². The van der Waals surface area contributed by atoms with Crippen LogP contribution in [0.2, 0.25) is 0 Å². The Balaban J connectivity index is 2.34. The summed E-state index contributed by atoms with van der Waals surface area (Å²) in [5.41, 5.74) is 1.33. The molecule has 0 radical (unpaired) electrons. The van der Waals surface area contributed by atoms with E-state index in [1.54, 1.807) is 12.1 Å². The largest absolute Gasteiger partial charge is 0.508 e. The SMILES string of the molecule is CC1(c2ccc(O)cc2)C=CC=CC1. The van der Waals surface area contributed by atoms with Crippen LogP contribution in [0.3, 0.4) is 0 Å². The summed E-state index contributed by atoms with van der Waals surface area (Å²) in [6.07, 6.45) is 9.55. The van der Waals surface area contributed by atoms with Crippen molar-refractivity contribution in [2.45, 2.75) is 18.8 Å². The third kappa shape index (κ3) is 1.58. The van der Waals surface area contributed by atoms with Crippen molar-refractivity contribution in [1.82, 2.24) is 0 Å². The number of allylic oxidation sites excluding steroid dienone is 4. The van der Waals surface area contributed by atoms with E-state index in [-0.39, 0.29) is 5.41 Å². The molecule has 1 nitrogen and oxygen atoms in total. The second kappa shape index (κ2) is 3.33. The first-order chi connectivity index (χ1) is 6.71. The first-order valence-corrected chi connectivity index (χ1v) is 4.85. The molecule has 1 aliphatic rings. The Labute approximate surface area is 84.4 Å². The van der Waals surface area contributed by atoms with E-state index in [0.29, 0.717) is 5.75 Å². The lowest BCUT2D eigenvalue weighted by molar-refractivity contribution is 0.474. The maximum absolute atomic E-state index is 9.21. The van der Waals surface area contributed by atoms with E-state index >= 15 is 0 Å². The minimum Gasteiger partial charge on any atom is -0.508 e. The van der Waals surface area contributed by atoms with Crippen LogP contribution in [0.1, 0.15) is 18.9 Å². The molecule has 0 amide bonds. The fraction of sp³-hybridized carbons (Fsp3) is 0.231. The van der Waals surface area contributed by atoms with Crippen LogP contribution in [0.25, 0.3) is 0 Å². The minimum atomic E-state index is 0.0858. The van der Waals surface area contributed by atoms with Gasteiger partial charge in [-0.1, -0.05) is 43.4 Å². The average Bonchev–Trinajstić information content (AvgIpc) is 2.19. The van der Waals surface area contributed by atoms with E-state index in [1.165, 1.54) is 5.56 Å². The lowest BCUT2D eigenvalue weighted by Crippen LogP contribution is -2.18. The summed E-state index contributed by atoms with van der Waals surface area (Å²) < 4.78 is 0. The van der Waals surface area contributed by atoms with Gasteiger partial charge < -0.3 is 5.11 Å². The van der Waals surface area contributed by atoms with Crippen molar-refractivity contribution in [2.75, 3.05) is 0 Å². The van der Waals surface area contributed by atoms with E-state index in [0.717, 1.165) is 6.42 Å². The Kier molecular flexibility index (Phi) is 2.16. The molecule has 0 aromatic heterocycles. The van der Waals surface area contributed by atoms with Crippen LogP contribution < -0.4 is 0 Å². The highest BCUT2D eigenvalue weighted by molar-refractivity contribution is 5.37. The molecule has 1 unspecified atom stereocenters. The number of hydrogen-bond donors (Lipinski definition) is 1. The van der Waals surface area contributed by atoms with Crippen LogP contribution in [0, 0.1) is 0 Å². The van der Waals surface area contributed by atoms with Crippen LogP contribution in [0.5, 0.6) is 5.75 Å². The topological polar surface area (TPSA) is 20.2 Å². The highest BCUT2D eigenvalue weighted by Gasteiger charge is 2.22. The van der Waals surface area contributed by atoms with Gasteiger partial charge in [0.05, 0.1) is 0 Å². The molecule has 0 bridgehead atoms. The zero-order chi connectivity index (χ0) is 10.0. The normalized spacial score (nSPS) is 25.2. The monoisotopic (exact) mass is 186 g/mol. The molecule has 0 heterocycles. The molecule has 14 heavy (non-hydrogen) atoms.